The fraction of sp³-hybridized carbons (Fsp3) is 0.609. The lowest BCUT2D eigenvalue weighted by molar-refractivity contribution is -0.142. The van der Waals surface area contributed by atoms with Crippen LogP contribution in [0.1, 0.15) is 44.2 Å². The van der Waals surface area contributed by atoms with Crippen LogP contribution in [0.3, 0.4) is 0 Å². The van der Waals surface area contributed by atoms with Gasteiger partial charge in [-0.1, -0.05) is 29.8 Å². The maximum Gasteiger partial charge on any atom is 0.317 e. The van der Waals surface area contributed by atoms with Gasteiger partial charge in [-0.2, -0.15) is 0 Å². The van der Waals surface area contributed by atoms with Gasteiger partial charge in [0.25, 0.3) is 0 Å². The first-order valence-electron chi connectivity index (χ1n) is 10.9. The first-order valence-corrected chi connectivity index (χ1v) is 10.9. The van der Waals surface area contributed by atoms with E-state index in [1.165, 1.54) is 11.1 Å². The SMILES string of the molecule is CC(=O)N1CCN(C(=O)C2CC(c3cccc(C)c3)CN(C(=O)NC(C)C)C2)CC1. The summed E-state index contributed by atoms with van der Waals surface area (Å²) in [5, 5.41) is 2.97. The number of nitrogens with one attached hydrogen (secondary N) is 1. The number of benzene rings is 1. The molecule has 7 heteroatoms. The predicted molar refractivity (Wildman–Crippen MR) is 116 cm³/mol. The Bertz CT molecular complexity index is 786. The number of hydrogen-bond donors (Lipinski definition) is 1. The molecule has 1 aromatic rings. The van der Waals surface area contributed by atoms with Crippen LogP contribution >= 0.6 is 0 Å². The number of piperazine rings is 1. The Morgan fingerprint density at radius 3 is 2.27 bits per heavy atom. The summed E-state index contributed by atoms with van der Waals surface area (Å²) < 4.78 is 0. The molecule has 164 valence electrons. The predicted octanol–water partition coefficient (Wildman–Crippen LogP) is 2.21. The third kappa shape index (κ3) is 5.32. The minimum atomic E-state index is -0.231. The Morgan fingerprint density at radius 2 is 1.67 bits per heavy atom. The van der Waals surface area contributed by atoms with E-state index in [-0.39, 0.29) is 35.7 Å². The maximum atomic E-state index is 13.3. The highest BCUT2D eigenvalue weighted by Gasteiger charge is 2.37. The highest BCUT2D eigenvalue weighted by atomic mass is 16.2. The van der Waals surface area contributed by atoms with Crippen molar-refractivity contribution in [3.05, 3.63) is 35.4 Å². The lowest BCUT2D eigenvalue weighted by atomic mass is 9.83. The first kappa shape index (κ1) is 22.1. The summed E-state index contributed by atoms with van der Waals surface area (Å²) in [7, 11) is 0. The summed E-state index contributed by atoms with van der Waals surface area (Å²) in [5.74, 6) is 0.0452. The second-order valence-corrected chi connectivity index (χ2v) is 8.88. The zero-order chi connectivity index (χ0) is 21.8. The third-order valence-corrected chi connectivity index (χ3v) is 6.05. The van der Waals surface area contributed by atoms with Gasteiger partial charge >= 0.3 is 6.03 Å². The number of aryl methyl sites for hydroxylation is 1. The largest absolute Gasteiger partial charge is 0.339 e. The number of carbonyl (C=O) groups excluding carboxylic acids is 3. The summed E-state index contributed by atoms with van der Waals surface area (Å²) in [6.45, 7) is 10.8. The summed E-state index contributed by atoms with van der Waals surface area (Å²) >= 11 is 0. The molecule has 0 saturated carbocycles. The number of likely N-dealkylation sites (tertiary alicyclic amines) is 1. The topological polar surface area (TPSA) is 73.0 Å². The maximum absolute atomic E-state index is 13.3. The number of nitrogens with zero attached hydrogens (tertiary/aromatic N) is 3. The molecular weight excluding hydrogens is 380 g/mol. The molecule has 4 amide bonds. The Morgan fingerprint density at radius 1 is 1.00 bits per heavy atom. The normalized spacial score (nSPS) is 22.2. The molecule has 1 aromatic carbocycles. The molecular formula is C23H34N4O3. The Hall–Kier alpha value is -2.57. The van der Waals surface area contributed by atoms with Crippen molar-refractivity contribution in [1.29, 1.82) is 0 Å². The van der Waals surface area contributed by atoms with E-state index in [1.54, 1.807) is 16.7 Å². The lowest BCUT2D eigenvalue weighted by Crippen LogP contribution is -2.55. The molecule has 7 nitrogen and oxygen atoms in total. The molecule has 0 aliphatic carbocycles. The van der Waals surface area contributed by atoms with Crippen LogP contribution in [0.2, 0.25) is 0 Å². The second-order valence-electron chi connectivity index (χ2n) is 8.88. The zero-order valence-corrected chi connectivity index (χ0v) is 18.6. The number of urea groups is 1. The average molecular weight is 415 g/mol. The molecule has 1 N–H and O–H groups in total. The molecule has 2 aliphatic heterocycles. The van der Waals surface area contributed by atoms with Gasteiger partial charge in [0.2, 0.25) is 11.8 Å². The number of hydrogen-bond acceptors (Lipinski definition) is 3. The van der Waals surface area contributed by atoms with Gasteiger partial charge in [0, 0.05) is 58.2 Å². The van der Waals surface area contributed by atoms with Crippen molar-refractivity contribution < 1.29 is 14.4 Å². The van der Waals surface area contributed by atoms with Gasteiger partial charge in [0.1, 0.15) is 0 Å². The van der Waals surface area contributed by atoms with Crippen LogP contribution in [-0.2, 0) is 9.59 Å². The van der Waals surface area contributed by atoms with Gasteiger partial charge in [-0.15, -0.1) is 0 Å². The molecule has 30 heavy (non-hydrogen) atoms. The van der Waals surface area contributed by atoms with Crippen LogP contribution in [0.5, 0.6) is 0 Å². The van der Waals surface area contributed by atoms with Crippen LogP contribution in [0.25, 0.3) is 0 Å². The number of rotatable bonds is 3. The zero-order valence-electron chi connectivity index (χ0n) is 18.6. The summed E-state index contributed by atoms with van der Waals surface area (Å²) in [6, 6.07) is 8.28. The Kier molecular flexibility index (Phi) is 7.00. The quantitative estimate of drug-likeness (QED) is 0.824. The highest BCUT2D eigenvalue weighted by Crippen LogP contribution is 2.32. The summed E-state index contributed by atoms with van der Waals surface area (Å²) in [5.41, 5.74) is 2.36. The lowest BCUT2D eigenvalue weighted by Gasteiger charge is -2.41. The van der Waals surface area contributed by atoms with Crippen LogP contribution in [0.4, 0.5) is 4.79 Å². The van der Waals surface area contributed by atoms with Crippen molar-refractivity contribution in [3.8, 4) is 0 Å². The van der Waals surface area contributed by atoms with Crippen LogP contribution < -0.4 is 5.32 Å². The van der Waals surface area contributed by atoms with Gasteiger partial charge in [-0.05, 0) is 32.8 Å². The molecule has 2 aliphatic rings. The van der Waals surface area contributed by atoms with Gasteiger partial charge < -0.3 is 20.0 Å². The molecule has 0 bridgehead atoms. The fourth-order valence-electron chi connectivity index (χ4n) is 4.45. The van der Waals surface area contributed by atoms with E-state index in [0.717, 1.165) is 6.42 Å². The third-order valence-electron chi connectivity index (χ3n) is 6.05. The Labute approximate surface area is 179 Å². The van der Waals surface area contributed by atoms with Gasteiger partial charge in [-0.25, -0.2) is 4.79 Å². The fourth-order valence-corrected chi connectivity index (χ4v) is 4.45. The van der Waals surface area contributed by atoms with E-state index in [1.807, 2.05) is 24.8 Å². The average Bonchev–Trinajstić information content (AvgIpc) is 2.72. The van der Waals surface area contributed by atoms with Crippen molar-refractivity contribution in [3.63, 3.8) is 0 Å². The molecule has 2 heterocycles. The van der Waals surface area contributed by atoms with Crippen molar-refractivity contribution in [1.82, 2.24) is 20.0 Å². The van der Waals surface area contributed by atoms with Gasteiger partial charge in [-0.3, -0.25) is 9.59 Å². The summed E-state index contributed by atoms with van der Waals surface area (Å²) in [4.78, 5) is 43.1. The molecule has 2 fully saturated rings. The number of amides is 4. The van der Waals surface area contributed by atoms with Crippen LogP contribution in [0.15, 0.2) is 24.3 Å². The van der Waals surface area contributed by atoms with Crippen molar-refractivity contribution in [2.75, 3.05) is 39.3 Å². The van der Waals surface area contributed by atoms with E-state index >= 15 is 0 Å². The molecule has 0 aromatic heterocycles. The second kappa shape index (κ2) is 9.49. The van der Waals surface area contributed by atoms with E-state index in [9.17, 15) is 14.4 Å². The summed E-state index contributed by atoms with van der Waals surface area (Å²) in [6.07, 6.45) is 0.737. The van der Waals surface area contributed by atoms with Crippen molar-refractivity contribution in [2.24, 2.45) is 5.92 Å². The number of piperidine rings is 1. The monoisotopic (exact) mass is 414 g/mol. The minimum absolute atomic E-state index is 0.0469. The van der Waals surface area contributed by atoms with Crippen LogP contribution in [-0.4, -0.2) is 77.9 Å². The first-order chi connectivity index (χ1) is 14.2. The van der Waals surface area contributed by atoms with Crippen LogP contribution in [0, 0.1) is 12.8 Å². The molecule has 2 saturated heterocycles. The standard InChI is InChI=1S/C23H34N4O3/c1-16(2)24-23(30)27-14-20(19-7-5-6-17(3)12-19)13-21(15-27)22(29)26-10-8-25(9-11-26)18(4)28/h5-7,12,16,20-21H,8-11,13-15H2,1-4H3,(H,24,30). The van der Waals surface area contributed by atoms with Gasteiger partial charge in [0.15, 0.2) is 0 Å². The molecule has 0 spiro atoms. The highest BCUT2D eigenvalue weighted by molar-refractivity contribution is 5.82. The van der Waals surface area contributed by atoms with E-state index in [0.29, 0.717) is 39.3 Å². The van der Waals surface area contributed by atoms with Crippen molar-refractivity contribution >= 4 is 17.8 Å². The van der Waals surface area contributed by atoms with Gasteiger partial charge in [0.05, 0.1) is 5.92 Å². The Balaban J connectivity index is 1.75. The minimum Gasteiger partial charge on any atom is -0.339 e. The van der Waals surface area contributed by atoms with E-state index in [2.05, 4.69) is 30.4 Å². The van der Waals surface area contributed by atoms with E-state index in [4.69, 9.17) is 0 Å². The molecule has 0 radical (unpaired) electrons. The van der Waals surface area contributed by atoms with Crippen molar-refractivity contribution in [2.45, 2.75) is 46.1 Å². The van der Waals surface area contributed by atoms with E-state index < -0.39 is 0 Å². The molecule has 3 rings (SSSR count). The molecule has 2 atom stereocenters. The molecule has 2 unspecified atom stereocenters. The smallest absolute Gasteiger partial charge is 0.317 e. The number of carbonyl (C=O) groups is 3.